The summed E-state index contributed by atoms with van der Waals surface area (Å²) in [6.45, 7) is 4.39. The first-order valence-electron chi connectivity index (χ1n) is 6.63. The predicted octanol–water partition coefficient (Wildman–Crippen LogP) is 5.24. The maximum atomic E-state index is 6.36. The van der Waals surface area contributed by atoms with Crippen LogP contribution in [0.5, 0.6) is 0 Å². The summed E-state index contributed by atoms with van der Waals surface area (Å²) in [5, 5.41) is 0.643. The lowest BCUT2D eigenvalue weighted by atomic mass is 9.77. The number of alkyl halides is 2. The molecule has 1 fully saturated rings. The van der Waals surface area contributed by atoms with Gasteiger partial charge < -0.3 is 0 Å². The molecule has 0 heterocycles. The van der Waals surface area contributed by atoms with Crippen LogP contribution >= 0.6 is 23.2 Å². The number of halogens is 2. The van der Waals surface area contributed by atoms with E-state index < -0.39 is 0 Å². The first-order valence-corrected chi connectivity index (χ1v) is 7.51. The smallest absolute Gasteiger partial charge is 0.0367 e. The molecule has 0 amide bonds. The molecule has 0 N–H and O–H groups in total. The van der Waals surface area contributed by atoms with Crippen LogP contribution in [0.25, 0.3) is 0 Å². The van der Waals surface area contributed by atoms with Gasteiger partial charge >= 0.3 is 0 Å². The summed E-state index contributed by atoms with van der Waals surface area (Å²) in [6.07, 6.45) is 11.6. The van der Waals surface area contributed by atoms with E-state index in [-0.39, 0.29) is 0 Å². The summed E-state index contributed by atoms with van der Waals surface area (Å²) in [7, 11) is 0. The van der Waals surface area contributed by atoms with Gasteiger partial charge in [0.05, 0.1) is 0 Å². The van der Waals surface area contributed by atoms with Gasteiger partial charge in [-0.3, -0.25) is 0 Å². The molecule has 2 radical (unpaired) electrons. The van der Waals surface area contributed by atoms with E-state index in [0.29, 0.717) is 22.6 Å². The summed E-state index contributed by atoms with van der Waals surface area (Å²) < 4.78 is 0. The summed E-state index contributed by atoms with van der Waals surface area (Å²) in [5.41, 5.74) is 0. The van der Waals surface area contributed by atoms with Crippen molar-refractivity contribution in [3.8, 4) is 0 Å². The SMILES string of the molecule is CCCC(Cl)C1[CH]CC(C(Cl)CCC)[CH]C1. The maximum Gasteiger partial charge on any atom is 0.0367 e. The van der Waals surface area contributed by atoms with Gasteiger partial charge in [-0.2, -0.15) is 0 Å². The van der Waals surface area contributed by atoms with Crippen molar-refractivity contribution in [2.45, 2.75) is 63.1 Å². The minimum atomic E-state index is 0.321. The molecule has 1 aliphatic carbocycles. The third-order valence-corrected chi connectivity index (χ3v) is 4.56. The third-order valence-electron chi connectivity index (χ3n) is 3.48. The molecule has 0 nitrogen and oxygen atoms in total. The summed E-state index contributed by atoms with van der Waals surface area (Å²) in [4.78, 5) is 0. The molecule has 0 bridgehead atoms. The molecule has 1 aliphatic rings. The molecule has 0 aromatic carbocycles. The van der Waals surface area contributed by atoms with E-state index in [2.05, 4.69) is 26.7 Å². The molecule has 0 aromatic rings. The van der Waals surface area contributed by atoms with Crippen molar-refractivity contribution < 1.29 is 0 Å². The molecule has 94 valence electrons. The number of rotatable bonds is 6. The Bertz CT molecular complexity index is 154. The predicted molar refractivity (Wildman–Crippen MR) is 73.9 cm³/mol. The fraction of sp³-hybridized carbons (Fsp3) is 0.857. The van der Waals surface area contributed by atoms with Gasteiger partial charge in [0, 0.05) is 10.8 Å². The largest absolute Gasteiger partial charge is 0.123 e. The molecule has 0 aliphatic heterocycles. The van der Waals surface area contributed by atoms with Gasteiger partial charge in [0.15, 0.2) is 0 Å². The first kappa shape index (κ1) is 14.6. The van der Waals surface area contributed by atoms with Gasteiger partial charge in [-0.1, -0.05) is 26.7 Å². The van der Waals surface area contributed by atoms with Crippen LogP contribution in [0, 0.1) is 24.7 Å². The van der Waals surface area contributed by atoms with Gasteiger partial charge in [0.1, 0.15) is 0 Å². The van der Waals surface area contributed by atoms with E-state index in [1.807, 2.05) is 0 Å². The van der Waals surface area contributed by atoms with Crippen LogP contribution in [0.3, 0.4) is 0 Å². The van der Waals surface area contributed by atoms with E-state index in [9.17, 15) is 0 Å². The van der Waals surface area contributed by atoms with Gasteiger partial charge in [0.25, 0.3) is 0 Å². The Morgan fingerprint density at radius 2 is 1.31 bits per heavy atom. The molecule has 2 heteroatoms. The molecule has 4 unspecified atom stereocenters. The standard InChI is InChI=1S/C14H24Cl2/c1-3-5-13(15)11-7-9-12(10-8-11)14(16)6-4-2/h7,10-14H,3-6,8-9H2,1-2H3. The zero-order chi connectivity index (χ0) is 12.0. The van der Waals surface area contributed by atoms with E-state index in [4.69, 9.17) is 23.2 Å². The monoisotopic (exact) mass is 262 g/mol. The van der Waals surface area contributed by atoms with Crippen molar-refractivity contribution in [3.63, 3.8) is 0 Å². The summed E-state index contributed by atoms with van der Waals surface area (Å²) >= 11 is 12.7. The fourth-order valence-corrected chi connectivity index (χ4v) is 3.27. The normalized spacial score (nSPS) is 30.0. The zero-order valence-corrected chi connectivity index (χ0v) is 12.0. The molecule has 16 heavy (non-hydrogen) atoms. The molecule has 0 saturated heterocycles. The fourth-order valence-electron chi connectivity index (χ4n) is 2.43. The highest BCUT2D eigenvalue weighted by molar-refractivity contribution is 6.21. The molecule has 1 saturated carbocycles. The Kier molecular flexibility index (Phi) is 7.16. The highest BCUT2D eigenvalue weighted by Gasteiger charge is 2.29. The Balaban J connectivity index is 2.27. The topological polar surface area (TPSA) is 0 Å². The van der Waals surface area contributed by atoms with Gasteiger partial charge in [-0.15, -0.1) is 23.2 Å². The van der Waals surface area contributed by atoms with E-state index in [0.717, 1.165) is 25.7 Å². The number of hydrogen-bond donors (Lipinski definition) is 0. The van der Waals surface area contributed by atoms with Gasteiger partial charge in [0.2, 0.25) is 0 Å². The maximum absolute atomic E-state index is 6.36. The average Bonchev–Trinajstić information content (AvgIpc) is 2.30. The highest BCUT2D eigenvalue weighted by atomic mass is 35.5. The van der Waals surface area contributed by atoms with E-state index in [1.165, 1.54) is 12.8 Å². The quantitative estimate of drug-likeness (QED) is 0.575. The third kappa shape index (κ3) is 4.45. The van der Waals surface area contributed by atoms with Crippen LogP contribution < -0.4 is 0 Å². The second kappa shape index (κ2) is 7.82. The van der Waals surface area contributed by atoms with Crippen LogP contribution in [-0.2, 0) is 0 Å². The van der Waals surface area contributed by atoms with Crippen molar-refractivity contribution in [2.24, 2.45) is 11.8 Å². The van der Waals surface area contributed by atoms with Gasteiger partial charge in [-0.05, 0) is 50.4 Å². The van der Waals surface area contributed by atoms with Crippen LogP contribution in [0.4, 0.5) is 0 Å². The molecule has 0 aromatic heterocycles. The average molecular weight is 263 g/mol. The van der Waals surface area contributed by atoms with Crippen molar-refractivity contribution in [1.29, 1.82) is 0 Å². The summed E-state index contributed by atoms with van der Waals surface area (Å²) in [6, 6.07) is 0. The Morgan fingerprint density at radius 3 is 1.56 bits per heavy atom. The molecule has 1 rings (SSSR count). The van der Waals surface area contributed by atoms with Crippen molar-refractivity contribution in [2.75, 3.05) is 0 Å². The second-order valence-corrected chi connectivity index (χ2v) is 6.00. The zero-order valence-electron chi connectivity index (χ0n) is 10.5. The van der Waals surface area contributed by atoms with Crippen molar-refractivity contribution in [3.05, 3.63) is 12.8 Å². The highest BCUT2D eigenvalue weighted by Crippen LogP contribution is 2.36. The Hall–Kier alpha value is 0.580. The lowest BCUT2D eigenvalue weighted by Gasteiger charge is -2.32. The number of hydrogen-bond acceptors (Lipinski definition) is 0. The van der Waals surface area contributed by atoms with Crippen molar-refractivity contribution >= 4 is 23.2 Å². The van der Waals surface area contributed by atoms with Crippen LogP contribution in [0.2, 0.25) is 0 Å². The Labute approximate surface area is 111 Å². The van der Waals surface area contributed by atoms with E-state index in [1.54, 1.807) is 0 Å². The second-order valence-electron chi connectivity index (χ2n) is 4.88. The molecule has 4 atom stereocenters. The Morgan fingerprint density at radius 1 is 0.938 bits per heavy atom. The van der Waals surface area contributed by atoms with Crippen LogP contribution in [0.15, 0.2) is 0 Å². The first-order chi connectivity index (χ1) is 7.69. The van der Waals surface area contributed by atoms with Crippen molar-refractivity contribution in [1.82, 2.24) is 0 Å². The lowest BCUT2D eigenvalue weighted by molar-refractivity contribution is 0.387. The van der Waals surface area contributed by atoms with Crippen LogP contribution in [0.1, 0.15) is 52.4 Å². The molecule has 0 spiro atoms. The summed E-state index contributed by atoms with van der Waals surface area (Å²) in [5.74, 6) is 1.15. The molecular weight excluding hydrogens is 239 g/mol. The van der Waals surface area contributed by atoms with Crippen LogP contribution in [-0.4, -0.2) is 10.8 Å². The van der Waals surface area contributed by atoms with E-state index >= 15 is 0 Å². The lowest BCUT2D eigenvalue weighted by Crippen LogP contribution is -2.27. The minimum absolute atomic E-state index is 0.321. The minimum Gasteiger partial charge on any atom is -0.123 e. The molecular formula is C14H24Cl2. The van der Waals surface area contributed by atoms with Gasteiger partial charge in [-0.25, -0.2) is 0 Å².